The van der Waals surface area contributed by atoms with Crippen LogP contribution in [0.3, 0.4) is 0 Å². The second-order valence-corrected chi connectivity index (χ2v) is 11.5. The summed E-state index contributed by atoms with van der Waals surface area (Å²) in [5.74, 6) is -0.137. The molecule has 0 spiro atoms. The maximum Gasteiger partial charge on any atom is 0.257 e. The summed E-state index contributed by atoms with van der Waals surface area (Å²) in [6, 6.07) is 20.7. The van der Waals surface area contributed by atoms with E-state index in [9.17, 15) is 9.90 Å². The maximum atomic E-state index is 14.1. The van der Waals surface area contributed by atoms with E-state index in [0.29, 0.717) is 34.3 Å². The number of ether oxygens (including phenoxy) is 1. The van der Waals surface area contributed by atoms with Gasteiger partial charge in [0.15, 0.2) is 5.72 Å². The van der Waals surface area contributed by atoms with Crippen LogP contribution in [-0.4, -0.2) is 22.5 Å². The second kappa shape index (κ2) is 9.18. The van der Waals surface area contributed by atoms with Gasteiger partial charge in [-0.25, -0.2) is 0 Å². The molecule has 36 heavy (non-hydrogen) atoms. The van der Waals surface area contributed by atoms with Gasteiger partial charge < -0.3 is 9.84 Å². The summed E-state index contributed by atoms with van der Waals surface area (Å²) < 4.78 is 6.94. The monoisotopic (exact) mass is 523 g/mol. The van der Waals surface area contributed by atoms with Crippen molar-refractivity contribution in [3.05, 3.63) is 105 Å². The summed E-state index contributed by atoms with van der Waals surface area (Å²) in [5.41, 5.74) is 1.73. The number of nitrogens with zero attached hydrogens (tertiary/aromatic N) is 1. The first-order valence-electron chi connectivity index (χ1n) is 12.4. The van der Waals surface area contributed by atoms with E-state index in [1.807, 2.05) is 65.6 Å². The summed E-state index contributed by atoms with van der Waals surface area (Å²) in [7, 11) is 0. The molecule has 0 radical (unpaired) electrons. The lowest BCUT2D eigenvalue weighted by Gasteiger charge is -2.40. The Labute approximate surface area is 222 Å². The third-order valence-electron chi connectivity index (χ3n) is 7.73. The van der Waals surface area contributed by atoms with Crippen molar-refractivity contribution in [2.24, 2.45) is 5.41 Å². The summed E-state index contributed by atoms with van der Waals surface area (Å²) in [6.07, 6.45) is 3.27. The highest BCUT2D eigenvalue weighted by Gasteiger charge is 2.54. The molecule has 4 nitrogen and oxygen atoms in total. The predicted octanol–water partition coefficient (Wildman–Crippen LogP) is 7.28. The molecule has 1 atom stereocenters. The molecular weight excluding hydrogens is 493 g/mol. The number of hydrogen-bond donors (Lipinski definition) is 1. The molecule has 0 aromatic heterocycles. The Kier molecular flexibility index (Phi) is 6.45. The zero-order chi connectivity index (χ0) is 25.7. The predicted molar refractivity (Wildman–Crippen MR) is 143 cm³/mol. The highest BCUT2D eigenvalue weighted by Crippen LogP contribution is 2.53. The van der Waals surface area contributed by atoms with Gasteiger partial charge in [0.2, 0.25) is 0 Å². The standard InChI is InChI=1S/C30H31Cl2NO3/c1-4-29(15-16-29)19-36-30(21-7-12-24(32)13-8-21)26-14-9-22(28(2,3)35)17-25(26)27(34)33(30)18-20-5-10-23(31)11-6-20/h5-14,17,35H,4,15-16,18-19H2,1-3H3/t30-/m1/s1. The number of benzene rings is 3. The highest BCUT2D eigenvalue weighted by atomic mass is 35.5. The molecule has 0 saturated heterocycles. The van der Waals surface area contributed by atoms with Crippen LogP contribution in [0.15, 0.2) is 66.7 Å². The molecule has 0 unspecified atom stereocenters. The fraction of sp³-hybridized carbons (Fsp3) is 0.367. The van der Waals surface area contributed by atoms with Gasteiger partial charge in [0, 0.05) is 33.3 Å². The highest BCUT2D eigenvalue weighted by molar-refractivity contribution is 6.30. The van der Waals surface area contributed by atoms with Gasteiger partial charge in [0.05, 0.1) is 12.2 Å². The van der Waals surface area contributed by atoms with Crippen molar-refractivity contribution >= 4 is 29.1 Å². The van der Waals surface area contributed by atoms with Crippen LogP contribution < -0.4 is 0 Å². The average Bonchev–Trinajstić information content (AvgIpc) is 3.60. The van der Waals surface area contributed by atoms with Crippen molar-refractivity contribution in [1.82, 2.24) is 4.90 Å². The Morgan fingerprint density at radius 3 is 2.14 bits per heavy atom. The Bertz CT molecular complexity index is 1280. The second-order valence-electron chi connectivity index (χ2n) is 10.6. The molecule has 1 saturated carbocycles. The quantitative estimate of drug-likeness (QED) is 0.337. The Morgan fingerprint density at radius 1 is 0.972 bits per heavy atom. The van der Waals surface area contributed by atoms with Crippen LogP contribution in [0, 0.1) is 5.41 Å². The number of aliphatic hydroxyl groups is 1. The van der Waals surface area contributed by atoms with Gasteiger partial charge >= 0.3 is 0 Å². The van der Waals surface area contributed by atoms with Crippen LogP contribution in [0.1, 0.15) is 72.6 Å². The number of amides is 1. The van der Waals surface area contributed by atoms with Crippen molar-refractivity contribution < 1.29 is 14.6 Å². The van der Waals surface area contributed by atoms with Crippen molar-refractivity contribution in [1.29, 1.82) is 0 Å². The van der Waals surface area contributed by atoms with Crippen LogP contribution in [0.4, 0.5) is 0 Å². The summed E-state index contributed by atoms with van der Waals surface area (Å²) in [4.78, 5) is 15.9. The lowest BCUT2D eigenvalue weighted by Crippen LogP contribution is -2.47. The number of rotatable bonds is 8. The van der Waals surface area contributed by atoms with E-state index in [2.05, 4.69) is 6.92 Å². The van der Waals surface area contributed by atoms with E-state index >= 15 is 0 Å². The molecule has 1 fully saturated rings. The fourth-order valence-corrected chi connectivity index (χ4v) is 5.30. The van der Waals surface area contributed by atoms with Crippen molar-refractivity contribution in [3.8, 4) is 0 Å². The molecule has 6 heteroatoms. The normalized spacial score (nSPS) is 20.5. The molecule has 1 amide bonds. The van der Waals surface area contributed by atoms with E-state index in [4.69, 9.17) is 27.9 Å². The summed E-state index contributed by atoms with van der Waals surface area (Å²) in [5, 5.41) is 11.9. The lowest BCUT2D eigenvalue weighted by atomic mass is 9.89. The lowest BCUT2D eigenvalue weighted by molar-refractivity contribution is -0.125. The van der Waals surface area contributed by atoms with Crippen molar-refractivity contribution in [2.75, 3.05) is 6.61 Å². The molecule has 5 rings (SSSR count). The van der Waals surface area contributed by atoms with Crippen LogP contribution in [0.25, 0.3) is 0 Å². The zero-order valence-corrected chi connectivity index (χ0v) is 22.4. The van der Waals surface area contributed by atoms with E-state index in [1.165, 1.54) is 0 Å². The third kappa shape index (κ3) is 4.45. The first-order chi connectivity index (χ1) is 17.1. The van der Waals surface area contributed by atoms with Gasteiger partial charge in [-0.2, -0.15) is 0 Å². The van der Waals surface area contributed by atoms with Gasteiger partial charge in [-0.1, -0.05) is 66.5 Å². The number of carbonyl (C=O) groups excluding carboxylic acids is 1. The van der Waals surface area contributed by atoms with E-state index in [-0.39, 0.29) is 11.3 Å². The first kappa shape index (κ1) is 25.3. The summed E-state index contributed by atoms with van der Waals surface area (Å²) >= 11 is 12.4. The largest absolute Gasteiger partial charge is 0.386 e. The number of carbonyl (C=O) groups is 1. The Morgan fingerprint density at radius 2 is 1.58 bits per heavy atom. The fourth-order valence-electron chi connectivity index (χ4n) is 5.05. The van der Waals surface area contributed by atoms with E-state index < -0.39 is 11.3 Å². The van der Waals surface area contributed by atoms with Gasteiger partial charge in [-0.3, -0.25) is 9.69 Å². The smallest absolute Gasteiger partial charge is 0.257 e. The molecule has 1 N–H and O–H groups in total. The third-order valence-corrected chi connectivity index (χ3v) is 8.23. The van der Waals surface area contributed by atoms with Gasteiger partial charge in [-0.05, 0) is 80.0 Å². The molecular formula is C30H31Cl2NO3. The number of halogens is 2. The molecule has 3 aromatic rings. The minimum Gasteiger partial charge on any atom is -0.386 e. The van der Waals surface area contributed by atoms with Crippen molar-refractivity contribution in [2.45, 2.75) is 57.9 Å². The van der Waals surface area contributed by atoms with Gasteiger partial charge in [0.25, 0.3) is 5.91 Å². The minimum atomic E-state index is -1.13. The first-order valence-corrected chi connectivity index (χ1v) is 13.2. The number of hydrogen-bond acceptors (Lipinski definition) is 3. The summed E-state index contributed by atoms with van der Waals surface area (Å²) in [6.45, 7) is 6.52. The van der Waals surface area contributed by atoms with Crippen LogP contribution in [-0.2, 0) is 22.6 Å². The average molecular weight is 524 g/mol. The SMILES string of the molecule is CCC1(CO[C@]2(c3ccc(Cl)cc3)c3ccc(C(C)(C)O)cc3C(=O)N2Cc2ccc(Cl)cc2)CC1. The van der Waals surface area contributed by atoms with Gasteiger partial charge in [0.1, 0.15) is 0 Å². The van der Waals surface area contributed by atoms with Gasteiger partial charge in [-0.15, -0.1) is 0 Å². The molecule has 3 aromatic carbocycles. The number of fused-ring (bicyclic) bond motifs is 1. The topological polar surface area (TPSA) is 49.8 Å². The maximum absolute atomic E-state index is 14.1. The molecule has 1 aliphatic heterocycles. The molecule has 1 heterocycles. The van der Waals surface area contributed by atoms with E-state index in [0.717, 1.165) is 36.0 Å². The molecule has 1 aliphatic carbocycles. The zero-order valence-electron chi connectivity index (χ0n) is 20.9. The molecule has 0 bridgehead atoms. The van der Waals surface area contributed by atoms with Crippen LogP contribution in [0.2, 0.25) is 10.0 Å². The Hall–Kier alpha value is -2.37. The van der Waals surface area contributed by atoms with Crippen LogP contribution >= 0.6 is 23.2 Å². The van der Waals surface area contributed by atoms with E-state index in [1.54, 1.807) is 19.9 Å². The molecule has 2 aliphatic rings. The van der Waals surface area contributed by atoms with Crippen molar-refractivity contribution in [3.63, 3.8) is 0 Å². The van der Waals surface area contributed by atoms with Crippen LogP contribution in [0.5, 0.6) is 0 Å². The Balaban J connectivity index is 1.70. The molecule has 188 valence electrons. The minimum absolute atomic E-state index is 0.137.